The van der Waals surface area contributed by atoms with Gasteiger partial charge in [0, 0.05) is 19.1 Å². The lowest BCUT2D eigenvalue weighted by atomic mass is 9.96. The number of nitrogens with zero attached hydrogens (tertiary/aromatic N) is 2. The van der Waals surface area contributed by atoms with Crippen LogP contribution in [0.2, 0.25) is 0 Å². The van der Waals surface area contributed by atoms with Gasteiger partial charge in [-0.3, -0.25) is 0 Å². The van der Waals surface area contributed by atoms with Gasteiger partial charge in [0.25, 0.3) is 0 Å². The summed E-state index contributed by atoms with van der Waals surface area (Å²) in [6, 6.07) is 0.236. The molecule has 2 N–H and O–H groups in total. The summed E-state index contributed by atoms with van der Waals surface area (Å²) >= 11 is 0. The van der Waals surface area contributed by atoms with Gasteiger partial charge in [0.1, 0.15) is 0 Å². The maximum Gasteiger partial charge on any atom is 0.0597 e. The van der Waals surface area contributed by atoms with Crippen LogP contribution in [0, 0.1) is 5.92 Å². The Hall–Kier alpha value is -0.160. The molecule has 0 aromatic carbocycles. The van der Waals surface area contributed by atoms with E-state index in [1.165, 1.54) is 58.4 Å². The number of hydrogen-bond donors (Lipinski definition) is 2. The van der Waals surface area contributed by atoms with Crippen LogP contribution in [0.1, 0.15) is 25.7 Å². The van der Waals surface area contributed by atoms with Crippen LogP contribution in [0.15, 0.2) is 0 Å². The van der Waals surface area contributed by atoms with Crippen molar-refractivity contribution in [2.75, 3.05) is 52.9 Å². The Morgan fingerprint density at radius 3 is 2.33 bits per heavy atom. The highest BCUT2D eigenvalue weighted by atomic mass is 16.3. The maximum absolute atomic E-state index is 9.20. The Morgan fingerprint density at radius 1 is 1.11 bits per heavy atom. The van der Waals surface area contributed by atoms with E-state index in [2.05, 4.69) is 15.1 Å². The molecule has 2 fully saturated rings. The van der Waals surface area contributed by atoms with E-state index in [1.807, 2.05) is 7.05 Å². The molecule has 2 rings (SSSR count). The Balaban J connectivity index is 1.64. The smallest absolute Gasteiger partial charge is 0.0597 e. The van der Waals surface area contributed by atoms with Crippen LogP contribution in [-0.2, 0) is 0 Å². The van der Waals surface area contributed by atoms with Crippen LogP contribution in [0.25, 0.3) is 0 Å². The van der Waals surface area contributed by atoms with Gasteiger partial charge >= 0.3 is 0 Å². The monoisotopic (exact) mass is 255 g/mol. The van der Waals surface area contributed by atoms with Crippen LogP contribution in [0.5, 0.6) is 0 Å². The van der Waals surface area contributed by atoms with Crippen molar-refractivity contribution in [1.82, 2.24) is 15.1 Å². The zero-order valence-corrected chi connectivity index (χ0v) is 11.8. The van der Waals surface area contributed by atoms with E-state index in [0.717, 1.165) is 12.5 Å². The molecule has 2 heterocycles. The highest BCUT2D eigenvalue weighted by Crippen LogP contribution is 2.20. The van der Waals surface area contributed by atoms with Gasteiger partial charge in [-0.25, -0.2) is 0 Å². The number of nitrogens with one attached hydrogen (secondary N) is 1. The summed E-state index contributed by atoms with van der Waals surface area (Å²) in [4.78, 5) is 5.14. The lowest BCUT2D eigenvalue weighted by Crippen LogP contribution is -2.45. The summed E-state index contributed by atoms with van der Waals surface area (Å²) in [5.74, 6) is 0.904. The molecule has 0 radical (unpaired) electrons. The number of rotatable bonds is 6. The van der Waals surface area contributed by atoms with Crippen LogP contribution < -0.4 is 5.32 Å². The first kappa shape index (κ1) is 14.3. The quantitative estimate of drug-likeness (QED) is 0.719. The molecule has 1 unspecified atom stereocenters. The van der Waals surface area contributed by atoms with Crippen molar-refractivity contribution in [2.45, 2.75) is 31.7 Å². The molecule has 2 saturated heterocycles. The van der Waals surface area contributed by atoms with Crippen LogP contribution >= 0.6 is 0 Å². The van der Waals surface area contributed by atoms with Crippen molar-refractivity contribution in [1.29, 1.82) is 0 Å². The molecule has 2 aliphatic rings. The van der Waals surface area contributed by atoms with Gasteiger partial charge in [0.15, 0.2) is 0 Å². The van der Waals surface area contributed by atoms with E-state index < -0.39 is 0 Å². The molecule has 0 aliphatic carbocycles. The molecule has 4 nitrogen and oxygen atoms in total. The van der Waals surface area contributed by atoms with E-state index >= 15 is 0 Å². The molecule has 0 spiro atoms. The molecule has 2 aliphatic heterocycles. The summed E-state index contributed by atoms with van der Waals surface area (Å²) in [5.41, 5.74) is 0. The summed E-state index contributed by atoms with van der Waals surface area (Å²) < 4.78 is 0. The van der Waals surface area contributed by atoms with E-state index in [4.69, 9.17) is 0 Å². The molecular formula is C14H29N3O. The molecule has 4 heteroatoms. The van der Waals surface area contributed by atoms with Crippen molar-refractivity contribution >= 4 is 0 Å². The average Bonchev–Trinajstić information content (AvgIpc) is 2.91. The first-order valence-corrected chi connectivity index (χ1v) is 7.54. The molecule has 0 aromatic rings. The lowest BCUT2D eigenvalue weighted by molar-refractivity contribution is 0.129. The SMILES string of the molecule is CNC(CO)CN1CCC(CN2CCCC2)CC1. The van der Waals surface area contributed by atoms with Gasteiger partial charge in [0.2, 0.25) is 0 Å². The van der Waals surface area contributed by atoms with Gasteiger partial charge in [-0.05, 0) is 64.8 Å². The first-order valence-electron chi connectivity index (χ1n) is 7.54. The van der Waals surface area contributed by atoms with Crippen molar-refractivity contribution in [3.8, 4) is 0 Å². The van der Waals surface area contributed by atoms with E-state index in [-0.39, 0.29) is 12.6 Å². The Labute approximate surface area is 111 Å². The zero-order chi connectivity index (χ0) is 12.8. The van der Waals surface area contributed by atoms with Crippen molar-refractivity contribution in [2.24, 2.45) is 5.92 Å². The molecule has 0 amide bonds. The highest BCUT2D eigenvalue weighted by molar-refractivity contribution is 4.79. The molecule has 106 valence electrons. The number of hydrogen-bond acceptors (Lipinski definition) is 4. The molecular weight excluding hydrogens is 226 g/mol. The predicted molar refractivity (Wildman–Crippen MR) is 74.8 cm³/mol. The van der Waals surface area contributed by atoms with Crippen LogP contribution in [0.4, 0.5) is 0 Å². The third-order valence-electron chi connectivity index (χ3n) is 4.53. The Morgan fingerprint density at radius 2 is 1.78 bits per heavy atom. The molecule has 1 atom stereocenters. The summed E-state index contributed by atoms with van der Waals surface area (Å²) in [6.45, 7) is 7.61. The summed E-state index contributed by atoms with van der Waals surface area (Å²) in [7, 11) is 1.93. The van der Waals surface area contributed by atoms with E-state index in [0.29, 0.717) is 0 Å². The first-order chi connectivity index (χ1) is 8.81. The van der Waals surface area contributed by atoms with Crippen molar-refractivity contribution in [3.05, 3.63) is 0 Å². The Bertz CT molecular complexity index is 207. The number of piperidine rings is 1. The zero-order valence-electron chi connectivity index (χ0n) is 11.8. The van der Waals surface area contributed by atoms with Gasteiger partial charge in [-0.1, -0.05) is 0 Å². The molecule has 0 bridgehead atoms. The van der Waals surface area contributed by atoms with E-state index in [9.17, 15) is 5.11 Å². The van der Waals surface area contributed by atoms with Crippen LogP contribution in [-0.4, -0.2) is 73.9 Å². The second-order valence-electron chi connectivity index (χ2n) is 5.92. The highest BCUT2D eigenvalue weighted by Gasteiger charge is 2.23. The standard InChI is InChI=1S/C14H29N3O/c1-15-14(12-18)11-17-8-4-13(5-9-17)10-16-6-2-3-7-16/h13-15,18H,2-12H2,1H3. The summed E-state index contributed by atoms with van der Waals surface area (Å²) in [6.07, 6.45) is 5.47. The van der Waals surface area contributed by atoms with Crippen molar-refractivity contribution in [3.63, 3.8) is 0 Å². The maximum atomic E-state index is 9.20. The molecule has 18 heavy (non-hydrogen) atoms. The topological polar surface area (TPSA) is 38.7 Å². The summed E-state index contributed by atoms with van der Waals surface area (Å²) in [5, 5.41) is 12.4. The fourth-order valence-electron chi connectivity index (χ4n) is 3.23. The van der Waals surface area contributed by atoms with Gasteiger partial charge in [0.05, 0.1) is 6.61 Å². The third-order valence-corrected chi connectivity index (χ3v) is 4.53. The third kappa shape index (κ3) is 4.19. The number of likely N-dealkylation sites (tertiary alicyclic amines) is 2. The Kier molecular flexibility index (Phi) is 5.89. The van der Waals surface area contributed by atoms with Gasteiger partial charge in [-0.15, -0.1) is 0 Å². The van der Waals surface area contributed by atoms with Crippen LogP contribution in [0.3, 0.4) is 0 Å². The number of aliphatic hydroxyl groups excluding tert-OH is 1. The minimum Gasteiger partial charge on any atom is -0.395 e. The van der Waals surface area contributed by atoms with Crippen molar-refractivity contribution < 1.29 is 5.11 Å². The predicted octanol–water partition coefficient (Wildman–Crippen LogP) is 0.375. The second-order valence-corrected chi connectivity index (χ2v) is 5.92. The molecule has 0 aromatic heterocycles. The van der Waals surface area contributed by atoms with Gasteiger partial charge in [-0.2, -0.15) is 0 Å². The number of likely N-dealkylation sites (N-methyl/N-ethyl adjacent to an activating group) is 1. The lowest BCUT2D eigenvalue weighted by Gasteiger charge is -2.35. The number of aliphatic hydroxyl groups is 1. The fourth-order valence-corrected chi connectivity index (χ4v) is 3.23. The second kappa shape index (κ2) is 7.43. The minimum absolute atomic E-state index is 0.236. The fraction of sp³-hybridized carbons (Fsp3) is 1.00. The normalized spacial score (nSPS) is 25.7. The van der Waals surface area contributed by atoms with Gasteiger partial charge < -0.3 is 20.2 Å². The average molecular weight is 255 g/mol. The molecule has 0 saturated carbocycles. The van der Waals surface area contributed by atoms with E-state index in [1.54, 1.807) is 0 Å². The largest absolute Gasteiger partial charge is 0.395 e. The minimum atomic E-state index is 0.236.